The van der Waals surface area contributed by atoms with Crippen molar-refractivity contribution in [2.24, 2.45) is 0 Å². The predicted molar refractivity (Wildman–Crippen MR) is 69.2 cm³/mol. The van der Waals surface area contributed by atoms with Gasteiger partial charge in [-0.2, -0.15) is 0 Å². The van der Waals surface area contributed by atoms with Crippen LogP contribution in [-0.4, -0.2) is 58.6 Å². The van der Waals surface area contributed by atoms with E-state index in [-0.39, 0.29) is 18.0 Å². The molecule has 1 fully saturated rings. The molecule has 2 atom stereocenters. The molecular formula is C13H26N2O2. The van der Waals surface area contributed by atoms with Gasteiger partial charge in [0.2, 0.25) is 0 Å². The second-order valence-corrected chi connectivity index (χ2v) is 5.87. The Balaban J connectivity index is 2.82. The number of carboxylic acid groups (broad SMARTS) is 1. The highest BCUT2D eigenvalue weighted by Gasteiger charge is 2.39. The Kier molecular flexibility index (Phi) is 4.55. The lowest BCUT2D eigenvalue weighted by Gasteiger charge is -2.51. The lowest BCUT2D eigenvalue weighted by atomic mass is 9.93. The summed E-state index contributed by atoms with van der Waals surface area (Å²) in [6.07, 6.45) is 1.31. The van der Waals surface area contributed by atoms with Crippen molar-refractivity contribution in [1.29, 1.82) is 0 Å². The van der Waals surface area contributed by atoms with Crippen molar-refractivity contribution in [1.82, 2.24) is 9.80 Å². The standard InChI is InChI=1S/C13H26N2O2/c1-6-10(2)15-9-13(3,4)14(5)8-11(15)7-12(16)17/h10-11H,6-9H2,1-5H3,(H,16,17). The summed E-state index contributed by atoms with van der Waals surface area (Å²) in [4.78, 5) is 15.6. The third kappa shape index (κ3) is 3.42. The van der Waals surface area contributed by atoms with Crippen LogP contribution in [0, 0.1) is 0 Å². The number of nitrogens with zero attached hydrogens (tertiary/aromatic N) is 2. The SMILES string of the molecule is CCC(C)N1CC(C)(C)N(C)CC1CC(=O)O. The molecule has 0 aromatic carbocycles. The van der Waals surface area contributed by atoms with E-state index in [4.69, 9.17) is 5.11 Å². The molecule has 0 spiro atoms. The number of carbonyl (C=O) groups is 1. The maximum Gasteiger partial charge on any atom is 0.304 e. The van der Waals surface area contributed by atoms with Gasteiger partial charge >= 0.3 is 5.97 Å². The van der Waals surface area contributed by atoms with Gasteiger partial charge < -0.3 is 5.11 Å². The molecule has 1 N–H and O–H groups in total. The molecule has 100 valence electrons. The van der Waals surface area contributed by atoms with Gasteiger partial charge in [0.1, 0.15) is 0 Å². The van der Waals surface area contributed by atoms with Gasteiger partial charge in [-0.05, 0) is 34.2 Å². The number of aliphatic carboxylic acids is 1. The minimum atomic E-state index is -0.698. The van der Waals surface area contributed by atoms with Crippen LogP contribution in [0.5, 0.6) is 0 Å². The van der Waals surface area contributed by atoms with E-state index in [2.05, 4.69) is 44.5 Å². The van der Waals surface area contributed by atoms with E-state index in [1.54, 1.807) is 0 Å². The first-order valence-electron chi connectivity index (χ1n) is 6.46. The van der Waals surface area contributed by atoms with Crippen LogP contribution in [0.15, 0.2) is 0 Å². The van der Waals surface area contributed by atoms with E-state index in [0.29, 0.717) is 6.04 Å². The third-order valence-electron chi connectivity index (χ3n) is 4.12. The molecule has 4 nitrogen and oxygen atoms in total. The molecule has 1 saturated heterocycles. The van der Waals surface area contributed by atoms with Gasteiger partial charge in [-0.1, -0.05) is 6.92 Å². The Hall–Kier alpha value is -0.610. The summed E-state index contributed by atoms with van der Waals surface area (Å²) < 4.78 is 0. The van der Waals surface area contributed by atoms with Gasteiger partial charge in [0.25, 0.3) is 0 Å². The second-order valence-electron chi connectivity index (χ2n) is 5.87. The summed E-state index contributed by atoms with van der Waals surface area (Å²) in [7, 11) is 2.09. The highest BCUT2D eigenvalue weighted by Crippen LogP contribution is 2.26. The first kappa shape index (κ1) is 14.5. The average molecular weight is 242 g/mol. The Labute approximate surface area is 105 Å². The smallest absolute Gasteiger partial charge is 0.304 e. The van der Waals surface area contributed by atoms with Crippen LogP contribution < -0.4 is 0 Å². The van der Waals surface area contributed by atoms with Gasteiger partial charge in [0.15, 0.2) is 0 Å². The van der Waals surface area contributed by atoms with Crippen molar-refractivity contribution in [2.75, 3.05) is 20.1 Å². The van der Waals surface area contributed by atoms with Crippen LogP contribution in [0.3, 0.4) is 0 Å². The highest BCUT2D eigenvalue weighted by atomic mass is 16.4. The first-order chi connectivity index (χ1) is 7.77. The van der Waals surface area contributed by atoms with Gasteiger partial charge in [-0.25, -0.2) is 0 Å². The molecule has 0 aromatic rings. The largest absolute Gasteiger partial charge is 0.481 e. The first-order valence-corrected chi connectivity index (χ1v) is 6.46. The quantitative estimate of drug-likeness (QED) is 0.814. The molecule has 1 aliphatic rings. The van der Waals surface area contributed by atoms with Crippen LogP contribution in [0.1, 0.15) is 40.5 Å². The summed E-state index contributed by atoms with van der Waals surface area (Å²) in [5.41, 5.74) is 0.123. The molecule has 4 heteroatoms. The lowest BCUT2D eigenvalue weighted by molar-refractivity contribution is -0.140. The fraction of sp³-hybridized carbons (Fsp3) is 0.923. The predicted octanol–water partition coefficient (Wildman–Crippen LogP) is 1.65. The average Bonchev–Trinajstić information content (AvgIpc) is 2.21. The second kappa shape index (κ2) is 5.36. The van der Waals surface area contributed by atoms with E-state index in [1.807, 2.05) is 0 Å². The number of hydrogen-bond donors (Lipinski definition) is 1. The summed E-state index contributed by atoms with van der Waals surface area (Å²) >= 11 is 0. The maximum absolute atomic E-state index is 10.9. The molecular weight excluding hydrogens is 216 g/mol. The topological polar surface area (TPSA) is 43.8 Å². The zero-order valence-electron chi connectivity index (χ0n) is 11.7. The fourth-order valence-corrected chi connectivity index (χ4v) is 2.50. The summed E-state index contributed by atoms with van der Waals surface area (Å²) in [6.45, 7) is 10.6. The highest BCUT2D eigenvalue weighted by molar-refractivity contribution is 5.67. The monoisotopic (exact) mass is 242 g/mol. The van der Waals surface area contributed by atoms with Crippen LogP contribution in [0.2, 0.25) is 0 Å². The zero-order chi connectivity index (χ0) is 13.2. The van der Waals surface area contributed by atoms with Crippen LogP contribution in [0.25, 0.3) is 0 Å². The molecule has 0 amide bonds. The Morgan fingerprint density at radius 2 is 2.12 bits per heavy atom. The van der Waals surface area contributed by atoms with Crippen LogP contribution in [0.4, 0.5) is 0 Å². The molecule has 1 rings (SSSR count). The van der Waals surface area contributed by atoms with Crippen molar-refractivity contribution in [3.8, 4) is 0 Å². The van der Waals surface area contributed by atoms with E-state index in [0.717, 1.165) is 19.5 Å². The van der Waals surface area contributed by atoms with Gasteiger partial charge in [-0.3, -0.25) is 14.6 Å². The van der Waals surface area contributed by atoms with Gasteiger partial charge in [-0.15, -0.1) is 0 Å². The van der Waals surface area contributed by atoms with E-state index >= 15 is 0 Å². The minimum Gasteiger partial charge on any atom is -0.481 e. The molecule has 0 radical (unpaired) electrons. The van der Waals surface area contributed by atoms with Crippen molar-refractivity contribution >= 4 is 5.97 Å². The summed E-state index contributed by atoms with van der Waals surface area (Å²) in [5, 5.41) is 9.01. The molecule has 1 aliphatic heterocycles. The van der Waals surface area contributed by atoms with Crippen molar-refractivity contribution < 1.29 is 9.90 Å². The zero-order valence-corrected chi connectivity index (χ0v) is 11.7. The molecule has 2 unspecified atom stereocenters. The van der Waals surface area contributed by atoms with Crippen LogP contribution >= 0.6 is 0 Å². The number of carboxylic acids is 1. The third-order valence-corrected chi connectivity index (χ3v) is 4.12. The summed E-state index contributed by atoms with van der Waals surface area (Å²) in [5.74, 6) is -0.698. The number of hydrogen-bond acceptors (Lipinski definition) is 3. The van der Waals surface area contributed by atoms with Crippen LogP contribution in [-0.2, 0) is 4.79 Å². The van der Waals surface area contributed by atoms with E-state index in [1.165, 1.54) is 0 Å². The Bertz CT molecular complexity index is 279. The minimum absolute atomic E-state index is 0.123. The maximum atomic E-state index is 10.9. The van der Waals surface area contributed by atoms with Crippen molar-refractivity contribution in [3.63, 3.8) is 0 Å². The number of piperazine rings is 1. The fourth-order valence-electron chi connectivity index (χ4n) is 2.50. The Morgan fingerprint density at radius 1 is 1.53 bits per heavy atom. The Morgan fingerprint density at radius 3 is 2.59 bits per heavy atom. The molecule has 0 bridgehead atoms. The molecule has 0 aromatic heterocycles. The molecule has 0 aliphatic carbocycles. The van der Waals surface area contributed by atoms with E-state index in [9.17, 15) is 4.79 Å². The molecule has 17 heavy (non-hydrogen) atoms. The van der Waals surface area contributed by atoms with Crippen molar-refractivity contribution in [2.45, 2.75) is 58.2 Å². The summed E-state index contributed by atoms with van der Waals surface area (Å²) in [6, 6.07) is 0.591. The van der Waals surface area contributed by atoms with Gasteiger partial charge in [0.05, 0.1) is 6.42 Å². The van der Waals surface area contributed by atoms with E-state index < -0.39 is 5.97 Å². The normalized spacial score (nSPS) is 27.9. The van der Waals surface area contributed by atoms with Gasteiger partial charge in [0, 0.05) is 30.7 Å². The molecule has 0 saturated carbocycles. The molecule has 1 heterocycles. The number of likely N-dealkylation sites (N-methyl/N-ethyl adjacent to an activating group) is 1. The van der Waals surface area contributed by atoms with Crippen molar-refractivity contribution in [3.05, 3.63) is 0 Å². The number of rotatable bonds is 4. The lowest BCUT2D eigenvalue weighted by Crippen LogP contribution is -2.64.